The molecule has 1 N–H and O–H groups in total. The van der Waals surface area contributed by atoms with Crippen molar-refractivity contribution in [3.8, 4) is 22.6 Å². The largest absolute Gasteiger partial charge is 0.495 e. The zero-order valence-corrected chi connectivity index (χ0v) is 17.5. The first kappa shape index (κ1) is 20.5. The van der Waals surface area contributed by atoms with Gasteiger partial charge in [-0.05, 0) is 47.5 Å². The monoisotopic (exact) mass is 433 g/mol. The van der Waals surface area contributed by atoms with Crippen LogP contribution in [0.15, 0.2) is 85.1 Å². The van der Waals surface area contributed by atoms with Gasteiger partial charge in [0.15, 0.2) is 12.4 Å². The molecular formula is C24H20ClN3O3. The predicted octanol–water partition coefficient (Wildman–Crippen LogP) is 5.50. The minimum Gasteiger partial charge on any atom is -0.495 e. The van der Waals surface area contributed by atoms with Crippen LogP contribution in [0, 0.1) is 0 Å². The maximum Gasteiger partial charge on any atom is 0.276 e. The molecule has 1 heterocycles. The van der Waals surface area contributed by atoms with Gasteiger partial charge >= 0.3 is 0 Å². The number of nitrogens with one attached hydrogen (secondary N) is 1. The highest BCUT2D eigenvalue weighted by atomic mass is 35.5. The third kappa shape index (κ3) is 5.05. The zero-order chi connectivity index (χ0) is 21.6. The van der Waals surface area contributed by atoms with E-state index in [4.69, 9.17) is 21.1 Å². The first-order chi connectivity index (χ1) is 15.1. The van der Waals surface area contributed by atoms with Gasteiger partial charge in [-0.3, -0.25) is 4.79 Å². The number of anilines is 1. The molecule has 0 saturated heterocycles. The summed E-state index contributed by atoms with van der Waals surface area (Å²) < 4.78 is 12.6. The molecule has 1 aromatic heterocycles. The summed E-state index contributed by atoms with van der Waals surface area (Å²) in [5.41, 5.74) is 2.99. The highest BCUT2D eigenvalue weighted by Gasteiger charge is 2.13. The summed E-state index contributed by atoms with van der Waals surface area (Å²) in [5, 5.41) is 7.53. The average Bonchev–Trinajstić information content (AvgIpc) is 3.28. The number of hydrogen-bond acceptors (Lipinski definition) is 4. The topological polar surface area (TPSA) is 65.4 Å². The fourth-order valence-electron chi connectivity index (χ4n) is 3.03. The van der Waals surface area contributed by atoms with E-state index >= 15 is 0 Å². The highest BCUT2D eigenvalue weighted by molar-refractivity contribution is 6.31. The van der Waals surface area contributed by atoms with Crippen molar-refractivity contribution in [3.05, 3.63) is 95.8 Å². The Balaban J connectivity index is 1.37. The molecule has 0 radical (unpaired) electrons. The molecule has 0 aliphatic heterocycles. The second-order valence-electron chi connectivity index (χ2n) is 6.70. The molecule has 0 aliphatic rings. The van der Waals surface area contributed by atoms with Crippen molar-refractivity contribution in [1.82, 2.24) is 9.78 Å². The summed E-state index contributed by atoms with van der Waals surface area (Å²) >= 11 is 6.01. The Kier molecular flexibility index (Phi) is 6.19. The molecule has 6 nitrogen and oxygen atoms in total. The Labute approximate surface area is 185 Å². The summed E-state index contributed by atoms with van der Waals surface area (Å²) in [4.78, 5) is 12.5. The van der Waals surface area contributed by atoms with Crippen molar-refractivity contribution in [2.75, 3.05) is 12.4 Å². The van der Waals surface area contributed by atoms with Crippen molar-refractivity contribution in [2.45, 2.75) is 6.73 Å². The van der Waals surface area contributed by atoms with Crippen molar-refractivity contribution >= 4 is 23.2 Å². The van der Waals surface area contributed by atoms with E-state index in [1.165, 1.54) is 7.11 Å². The summed E-state index contributed by atoms with van der Waals surface area (Å²) in [6.07, 6.45) is 1.68. The molecule has 0 aliphatic carbocycles. The van der Waals surface area contributed by atoms with Gasteiger partial charge in [0.2, 0.25) is 0 Å². The maximum atomic E-state index is 12.5. The molecule has 0 saturated carbocycles. The van der Waals surface area contributed by atoms with Gasteiger partial charge < -0.3 is 14.8 Å². The fourth-order valence-corrected chi connectivity index (χ4v) is 3.21. The Morgan fingerprint density at radius 3 is 2.48 bits per heavy atom. The van der Waals surface area contributed by atoms with Gasteiger partial charge in [0.1, 0.15) is 11.5 Å². The highest BCUT2D eigenvalue weighted by Crippen LogP contribution is 2.28. The predicted molar refractivity (Wildman–Crippen MR) is 121 cm³/mol. The smallest absolute Gasteiger partial charge is 0.276 e. The molecule has 1 amide bonds. The third-order valence-corrected chi connectivity index (χ3v) is 4.84. The lowest BCUT2D eigenvalue weighted by atomic mass is 10.1. The summed E-state index contributed by atoms with van der Waals surface area (Å²) in [6.45, 7) is 0.179. The van der Waals surface area contributed by atoms with Crippen molar-refractivity contribution in [2.24, 2.45) is 0 Å². The second kappa shape index (κ2) is 9.36. The van der Waals surface area contributed by atoms with Gasteiger partial charge in [0, 0.05) is 11.2 Å². The van der Waals surface area contributed by atoms with Crippen LogP contribution in [0.2, 0.25) is 5.02 Å². The van der Waals surface area contributed by atoms with E-state index in [1.54, 1.807) is 35.1 Å². The van der Waals surface area contributed by atoms with Crippen LogP contribution in [0.3, 0.4) is 0 Å². The van der Waals surface area contributed by atoms with Gasteiger partial charge in [0.05, 0.1) is 12.8 Å². The number of carbonyl (C=O) groups excluding carboxylic acids is 1. The number of rotatable bonds is 7. The Morgan fingerprint density at radius 1 is 1.00 bits per heavy atom. The van der Waals surface area contributed by atoms with Crippen LogP contribution in [0.25, 0.3) is 11.1 Å². The molecule has 0 atom stereocenters. The van der Waals surface area contributed by atoms with E-state index in [1.807, 2.05) is 42.5 Å². The number of methoxy groups -OCH3 is 1. The molecule has 0 spiro atoms. The lowest BCUT2D eigenvalue weighted by molar-refractivity contribution is 0.102. The summed E-state index contributed by atoms with van der Waals surface area (Å²) in [5.74, 6) is 0.857. The second-order valence-corrected chi connectivity index (χ2v) is 7.14. The van der Waals surface area contributed by atoms with Crippen molar-refractivity contribution in [3.63, 3.8) is 0 Å². The normalized spacial score (nSPS) is 10.5. The lowest BCUT2D eigenvalue weighted by Gasteiger charge is -2.09. The first-order valence-corrected chi connectivity index (χ1v) is 9.97. The van der Waals surface area contributed by atoms with Gasteiger partial charge in [-0.25, -0.2) is 4.68 Å². The van der Waals surface area contributed by atoms with Crippen LogP contribution in [0.4, 0.5) is 5.69 Å². The van der Waals surface area contributed by atoms with Gasteiger partial charge in [0.25, 0.3) is 5.91 Å². The van der Waals surface area contributed by atoms with Crippen LogP contribution in [-0.4, -0.2) is 22.8 Å². The molecule has 0 bridgehead atoms. The maximum absolute atomic E-state index is 12.5. The Morgan fingerprint density at radius 2 is 1.74 bits per heavy atom. The van der Waals surface area contributed by atoms with Gasteiger partial charge in [-0.2, -0.15) is 5.10 Å². The summed E-state index contributed by atoms with van der Waals surface area (Å²) in [7, 11) is 1.53. The third-order valence-electron chi connectivity index (χ3n) is 4.61. The molecule has 7 heteroatoms. The minimum atomic E-state index is -0.369. The molecule has 0 unspecified atom stereocenters. The van der Waals surface area contributed by atoms with Gasteiger partial charge in [-0.15, -0.1) is 0 Å². The Bertz CT molecular complexity index is 1170. The zero-order valence-electron chi connectivity index (χ0n) is 16.8. The van der Waals surface area contributed by atoms with Crippen LogP contribution in [0.5, 0.6) is 11.5 Å². The first-order valence-electron chi connectivity index (χ1n) is 9.59. The van der Waals surface area contributed by atoms with Crippen molar-refractivity contribution in [1.29, 1.82) is 0 Å². The van der Waals surface area contributed by atoms with E-state index in [9.17, 15) is 4.79 Å². The Hall–Kier alpha value is -3.77. The SMILES string of the molecule is COc1ccc(Cl)cc1NC(=O)c1ccn(COc2ccc(-c3ccccc3)cc2)n1. The van der Waals surface area contributed by atoms with Crippen molar-refractivity contribution < 1.29 is 14.3 Å². The average molecular weight is 434 g/mol. The fraction of sp³-hybridized carbons (Fsp3) is 0.0833. The number of benzene rings is 3. The summed E-state index contributed by atoms with van der Waals surface area (Å²) in [6, 6.07) is 24.6. The van der Waals surface area contributed by atoms with E-state index in [-0.39, 0.29) is 18.3 Å². The molecule has 0 fully saturated rings. The van der Waals surface area contributed by atoms with E-state index in [0.717, 1.165) is 11.1 Å². The number of hydrogen-bond donors (Lipinski definition) is 1. The number of amides is 1. The molecule has 156 valence electrons. The van der Waals surface area contributed by atoms with Crippen LogP contribution >= 0.6 is 11.6 Å². The van der Waals surface area contributed by atoms with Crippen LogP contribution in [-0.2, 0) is 6.73 Å². The number of carbonyl (C=O) groups is 1. The molecule has 4 rings (SSSR count). The quantitative estimate of drug-likeness (QED) is 0.418. The lowest BCUT2D eigenvalue weighted by Crippen LogP contribution is -2.14. The van der Waals surface area contributed by atoms with Gasteiger partial charge in [-0.1, -0.05) is 54.1 Å². The van der Waals surface area contributed by atoms with E-state index in [2.05, 4.69) is 22.5 Å². The number of aromatic nitrogens is 2. The number of nitrogens with zero attached hydrogens (tertiary/aromatic N) is 2. The minimum absolute atomic E-state index is 0.179. The molecule has 4 aromatic rings. The molecule has 31 heavy (non-hydrogen) atoms. The molecule has 3 aromatic carbocycles. The van der Waals surface area contributed by atoms with Crippen LogP contribution in [0.1, 0.15) is 10.5 Å². The van der Waals surface area contributed by atoms with E-state index in [0.29, 0.717) is 22.2 Å². The van der Waals surface area contributed by atoms with Crippen LogP contribution < -0.4 is 14.8 Å². The van der Waals surface area contributed by atoms with E-state index < -0.39 is 0 Å². The molecular weight excluding hydrogens is 414 g/mol. The standard InChI is InChI=1S/C24H20ClN3O3/c1-30-23-12-9-19(25)15-22(23)26-24(29)21-13-14-28(27-21)16-31-20-10-7-18(8-11-20)17-5-3-2-4-6-17/h2-15H,16H2,1H3,(H,26,29). The number of halogens is 1. The number of ether oxygens (including phenoxy) is 2.